The van der Waals surface area contributed by atoms with Crippen LogP contribution in [0.5, 0.6) is 5.75 Å². The molecule has 172 valence electrons. The number of benzene rings is 2. The summed E-state index contributed by atoms with van der Waals surface area (Å²) < 4.78 is 6.75. The first kappa shape index (κ1) is 22.6. The van der Waals surface area contributed by atoms with Gasteiger partial charge in [0.2, 0.25) is 5.91 Å². The van der Waals surface area contributed by atoms with E-state index in [0.29, 0.717) is 6.54 Å². The molecule has 0 aliphatic carbocycles. The van der Waals surface area contributed by atoms with Crippen LogP contribution in [0.15, 0.2) is 71.7 Å². The second-order valence-corrected chi connectivity index (χ2v) is 8.46. The third-order valence-electron chi connectivity index (χ3n) is 6.21. The molecule has 0 unspecified atom stereocenters. The van der Waals surface area contributed by atoms with Crippen LogP contribution in [0.2, 0.25) is 0 Å². The van der Waals surface area contributed by atoms with Crippen LogP contribution in [0, 0.1) is 5.92 Å². The molecule has 1 N–H and O–H groups in total. The molecule has 4 rings (SSSR count). The van der Waals surface area contributed by atoms with Crippen LogP contribution in [0.25, 0.3) is 0 Å². The number of amides is 1. The standard InChI is InChI=1S/C26H30N4O3/c1-19(22-9-6-10-24(15-22)33-2)28-26(32)21-11-13-29(14-12-21)23-16-25(31)30(27-17-23)18-20-7-4-3-5-8-20/h3-10,15-17,19,21H,11-14,18H2,1-2H3,(H,28,32)/t19-/m0/s1. The number of methoxy groups -OCH3 is 1. The van der Waals surface area contributed by atoms with E-state index in [9.17, 15) is 9.59 Å². The number of hydrogen-bond acceptors (Lipinski definition) is 5. The Bertz CT molecular complexity index is 1140. The molecule has 1 atom stereocenters. The summed E-state index contributed by atoms with van der Waals surface area (Å²) in [6, 6.07) is 19.1. The zero-order valence-electron chi connectivity index (χ0n) is 19.1. The molecule has 3 aromatic rings. The Morgan fingerprint density at radius 2 is 1.88 bits per heavy atom. The molecule has 1 aliphatic rings. The fourth-order valence-electron chi connectivity index (χ4n) is 4.20. The van der Waals surface area contributed by atoms with Gasteiger partial charge in [0, 0.05) is 25.1 Å². The van der Waals surface area contributed by atoms with Crippen molar-refractivity contribution in [2.45, 2.75) is 32.4 Å². The van der Waals surface area contributed by atoms with Gasteiger partial charge in [-0.15, -0.1) is 0 Å². The first-order valence-electron chi connectivity index (χ1n) is 11.3. The van der Waals surface area contributed by atoms with Gasteiger partial charge < -0.3 is 15.0 Å². The molecule has 2 aromatic carbocycles. The number of piperidine rings is 1. The number of anilines is 1. The van der Waals surface area contributed by atoms with Crippen molar-refractivity contribution in [2.24, 2.45) is 5.92 Å². The number of carbonyl (C=O) groups is 1. The zero-order valence-corrected chi connectivity index (χ0v) is 19.1. The first-order chi connectivity index (χ1) is 16.0. The Labute approximate surface area is 194 Å². The molecule has 1 fully saturated rings. The van der Waals surface area contributed by atoms with Crippen LogP contribution >= 0.6 is 0 Å². The maximum absolute atomic E-state index is 12.8. The van der Waals surface area contributed by atoms with Crippen molar-refractivity contribution in [1.82, 2.24) is 15.1 Å². The van der Waals surface area contributed by atoms with Crippen molar-refractivity contribution >= 4 is 11.6 Å². The van der Waals surface area contributed by atoms with Gasteiger partial charge in [-0.3, -0.25) is 9.59 Å². The number of hydrogen-bond donors (Lipinski definition) is 1. The second kappa shape index (κ2) is 10.3. The Hall–Kier alpha value is -3.61. The summed E-state index contributed by atoms with van der Waals surface area (Å²) in [5.74, 6) is 0.809. The minimum Gasteiger partial charge on any atom is -0.497 e. The minimum absolute atomic E-state index is 0.0410. The van der Waals surface area contributed by atoms with E-state index in [0.717, 1.165) is 48.5 Å². The van der Waals surface area contributed by atoms with Gasteiger partial charge in [-0.05, 0) is 43.0 Å². The minimum atomic E-state index is -0.122. The molecule has 1 amide bonds. The van der Waals surface area contributed by atoms with Crippen LogP contribution in [0.4, 0.5) is 5.69 Å². The third kappa shape index (κ3) is 5.61. The van der Waals surface area contributed by atoms with E-state index in [-0.39, 0.29) is 23.4 Å². The number of nitrogens with zero attached hydrogens (tertiary/aromatic N) is 3. The molecule has 0 bridgehead atoms. The summed E-state index contributed by atoms with van der Waals surface area (Å²) in [6.45, 7) is 3.87. The summed E-state index contributed by atoms with van der Waals surface area (Å²) in [4.78, 5) is 27.5. The number of nitrogens with one attached hydrogen (secondary N) is 1. The third-order valence-corrected chi connectivity index (χ3v) is 6.21. The van der Waals surface area contributed by atoms with Crippen LogP contribution in [0.1, 0.15) is 36.9 Å². The van der Waals surface area contributed by atoms with Crippen LogP contribution in [0.3, 0.4) is 0 Å². The lowest BCUT2D eigenvalue weighted by Crippen LogP contribution is -2.41. The predicted molar refractivity (Wildman–Crippen MR) is 129 cm³/mol. The molecule has 33 heavy (non-hydrogen) atoms. The zero-order chi connectivity index (χ0) is 23.2. The van der Waals surface area contributed by atoms with Crippen molar-refractivity contribution in [1.29, 1.82) is 0 Å². The molecule has 0 radical (unpaired) electrons. The molecule has 7 nitrogen and oxygen atoms in total. The van der Waals surface area contributed by atoms with Gasteiger partial charge in [0.05, 0.1) is 31.6 Å². The maximum Gasteiger partial charge on any atom is 0.269 e. The fourth-order valence-corrected chi connectivity index (χ4v) is 4.20. The average Bonchev–Trinajstić information content (AvgIpc) is 2.86. The quantitative estimate of drug-likeness (QED) is 0.602. The fraction of sp³-hybridized carbons (Fsp3) is 0.346. The van der Waals surface area contributed by atoms with Crippen molar-refractivity contribution < 1.29 is 9.53 Å². The van der Waals surface area contributed by atoms with E-state index in [1.165, 1.54) is 4.68 Å². The summed E-state index contributed by atoms with van der Waals surface area (Å²) >= 11 is 0. The largest absolute Gasteiger partial charge is 0.497 e. The lowest BCUT2D eigenvalue weighted by Gasteiger charge is -2.33. The van der Waals surface area contributed by atoms with Gasteiger partial charge >= 0.3 is 0 Å². The Kier molecular flexibility index (Phi) is 7.07. The molecule has 7 heteroatoms. The van der Waals surface area contributed by atoms with Crippen molar-refractivity contribution in [2.75, 3.05) is 25.1 Å². The highest BCUT2D eigenvalue weighted by Crippen LogP contribution is 2.24. The van der Waals surface area contributed by atoms with Crippen LogP contribution < -0.4 is 20.5 Å². The van der Waals surface area contributed by atoms with E-state index in [1.807, 2.05) is 61.5 Å². The Morgan fingerprint density at radius 3 is 2.58 bits per heavy atom. The highest BCUT2D eigenvalue weighted by Gasteiger charge is 2.26. The highest BCUT2D eigenvalue weighted by molar-refractivity contribution is 5.79. The molecule has 0 spiro atoms. The summed E-state index contributed by atoms with van der Waals surface area (Å²) in [5.41, 5.74) is 2.74. The molecule has 1 aromatic heterocycles. The van der Waals surface area contributed by atoms with Gasteiger partial charge in [-0.2, -0.15) is 5.10 Å². The van der Waals surface area contributed by atoms with Gasteiger partial charge in [-0.1, -0.05) is 42.5 Å². The SMILES string of the molecule is COc1cccc([C@H](C)NC(=O)C2CCN(c3cnn(Cc4ccccc4)c(=O)c3)CC2)c1. The first-order valence-corrected chi connectivity index (χ1v) is 11.3. The number of ether oxygens (including phenoxy) is 1. The van der Waals surface area contributed by atoms with E-state index in [4.69, 9.17) is 4.74 Å². The van der Waals surface area contributed by atoms with E-state index >= 15 is 0 Å². The Balaban J connectivity index is 1.32. The highest BCUT2D eigenvalue weighted by atomic mass is 16.5. The topological polar surface area (TPSA) is 76.5 Å². The summed E-state index contributed by atoms with van der Waals surface area (Å²) in [7, 11) is 1.64. The number of carbonyl (C=O) groups excluding carboxylic acids is 1. The smallest absolute Gasteiger partial charge is 0.269 e. The number of aromatic nitrogens is 2. The van der Waals surface area contributed by atoms with Gasteiger partial charge in [0.1, 0.15) is 5.75 Å². The second-order valence-electron chi connectivity index (χ2n) is 8.46. The molecule has 1 saturated heterocycles. The molecular formula is C26H30N4O3. The van der Waals surface area contributed by atoms with E-state index in [1.54, 1.807) is 19.4 Å². The normalized spacial score (nSPS) is 15.2. The van der Waals surface area contributed by atoms with Gasteiger partial charge in [0.15, 0.2) is 0 Å². The molecule has 0 saturated carbocycles. The van der Waals surface area contributed by atoms with Crippen molar-refractivity contribution in [3.63, 3.8) is 0 Å². The summed E-state index contributed by atoms with van der Waals surface area (Å²) in [6.07, 6.45) is 3.23. The van der Waals surface area contributed by atoms with Crippen LogP contribution in [-0.2, 0) is 11.3 Å². The number of rotatable bonds is 7. The molecular weight excluding hydrogens is 416 g/mol. The summed E-state index contributed by atoms with van der Waals surface area (Å²) in [5, 5.41) is 7.50. The maximum atomic E-state index is 12.8. The monoisotopic (exact) mass is 446 g/mol. The molecule has 1 aliphatic heterocycles. The molecule has 2 heterocycles. The lowest BCUT2D eigenvalue weighted by molar-refractivity contribution is -0.126. The average molecular weight is 447 g/mol. The van der Waals surface area contributed by atoms with E-state index < -0.39 is 0 Å². The van der Waals surface area contributed by atoms with Gasteiger partial charge in [-0.25, -0.2) is 4.68 Å². The van der Waals surface area contributed by atoms with Crippen molar-refractivity contribution in [3.8, 4) is 5.75 Å². The van der Waals surface area contributed by atoms with Crippen LogP contribution in [-0.4, -0.2) is 35.9 Å². The lowest BCUT2D eigenvalue weighted by atomic mass is 9.95. The van der Waals surface area contributed by atoms with Gasteiger partial charge in [0.25, 0.3) is 5.56 Å². The predicted octanol–water partition coefficient (Wildman–Crippen LogP) is 3.39. The van der Waals surface area contributed by atoms with E-state index in [2.05, 4.69) is 15.3 Å². The van der Waals surface area contributed by atoms with Crippen molar-refractivity contribution in [3.05, 3.63) is 88.3 Å². The Morgan fingerprint density at radius 1 is 1.12 bits per heavy atom.